The number of hydrogen-bond donors (Lipinski definition) is 0. The van der Waals surface area contributed by atoms with Crippen molar-refractivity contribution in [2.45, 2.75) is 111 Å². The highest BCUT2D eigenvalue weighted by atomic mass is 16.5. The second-order valence-corrected chi connectivity index (χ2v) is 8.79. The number of ether oxygens (including phenoxy) is 3. The fourth-order valence-corrected chi connectivity index (χ4v) is 3.97. The Morgan fingerprint density at radius 2 is 1.22 bits per heavy atom. The number of carbonyl (C=O) groups is 3. The van der Waals surface area contributed by atoms with Gasteiger partial charge in [0.05, 0.1) is 25.0 Å². The van der Waals surface area contributed by atoms with Gasteiger partial charge in [0, 0.05) is 13.3 Å². The average molecular weight is 453 g/mol. The predicted molar refractivity (Wildman–Crippen MR) is 125 cm³/mol. The maximum absolute atomic E-state index is 12.8. The standard InChI is InChI=1S/C26H44O6/c1-4-6-8-10-12-14-18-30-25(28)23-17-16-22(32-21(3)27)20-24(23)26(29)31-19-15-13-11-9-7-5-2/h16,23-24H,4-15,17-20H2,1-3H3. The lowest BCUT2D eigenvalue weighted by Gasteiger charge is -2.27. The summed E-state index contributed by atoms with van der Waals surface area (Å²) < 4.78 is 16.2. The van der Waals surface area contributed by atoms with E-state index in [1.807, 2.05) is 0 Å². The van der Waals surface area contributed by atoms with Gasteiger partial charge in [-0.25, -0.2) is 0 Å². The molecule has 0 saturated carbocycles. The minimum Gasteiger partial charge on any atom is -0.465 e. The Hall–Kier alpha value is -1.85. The molecule has 1 aliphatic rings. The highest BCUT2D eigenvalue weighted by Crippen LogP contribution is 2.32. The third-order valence-corrected chi connectivity index (χ3v) is 5.87. The summed E-state index contributed by atoms with van der Waals surface area (Å²) in [5.74, 6) is -2.03. The molecular formula is C26H44O6. The second-order valence-electron chi connectivity index (χ2n) is 8.79. The minimum absolute atomic E-state index is 0.186. The van der Waals surface area contributed by atoms with Crippen molar-refractivity contribution in [3.8, 4) is 0 Å². The summed E-state index contributed by atoms with van der Waals surface area (Å²) in [5, 5.41) is 0. The van der Waals surface area contributed by atoms with Crippen LogP contribution >= 0.6 is 0 Å². The summed E-state index contributed by atoms with van der Waals surface area (Å²) in [6.07, 6.45) is 15.5. The van der Waals surface area contributed by atoms with E-state index in [4.69, 9.17) is 14.2 Å². The maximum Gasteiger partial charge on any atom is 0.310 e. The third kappa shape index (κ3) is 12.3. The summed E-state index contributed by atoms with van der Waals surface area (Å²) in [4.78, 5) is 36.8. The van der Waals surface area contributed by atoms with Crippen molar-refractivity contribution in [3.63, 3.8) is 0 Å². The van der Waals surface area contributed by atoms with Crippen molar-refractivity contribution in [3.05, 3.63) is 11.8 Å². The van der Waals surface area contributed by atoms with Gasteiger partial charge in [-0.2, -0.15) is 0 Å². The van der Waals surface area contributed by atoms with Gasteiger partial charge in [-0.1, -0.05) is 78.1 Å². The van der Waals surface area contributed by atoms with Gasteiger partial charge in [0.25, 0.3) is 0 Å². The Morgan fingerprint density at radius 1 is 0.750 bits per heavy atom. The van der Waals surface area contributed by atoms with Crippen LogP contribution in [0.2, 0.25) is 0 Å². The number of rotatable bonds is 17. The lowest BCUT2D eigenvalue weighted by Crippen LogP contribution is -2.35. The van der Waals surface area contributed by atoms with E-state index in [2.05, 4.69) is 13.8 Å². The summed E-state index contributed by atoms with van der Waals surface area (Å²) >= 11 is 0. The largest absolute Gasteiger partial charge is 0.465 e. The first kappa shape index (κ1) is 28.2. The van der Waals surface area contributed by atoms with E-state index >= 15 is 0 Å². The smallest absolute Gasteiger partial charge is 0.310 e. The molecule has 1 aliphatic carbocycles. The van der Waals surface area contributed by atoms with Crippen LogP contribution in [0.3, 0.4) is 0 Å². The monoisotopic (exact) mass is 452 g/mol. The van der Waals surface area contributed by atoms with Gasteiger partial charge in [0.1, 0.15) is 5.76 Å². The predicted octanol–water partition coefficient (Wildman–Crippen LogP) is 6.27. The topological polar surface area (TPSA) is 78.9 Å². The number of allylic oxidation sites excluding steroid dienone is 2. The molecule has 0 aliphatic heterocycles. The van der Waals surface area contributed by atoms with Crippen LogP contribution in [0.4, 0.5) is 0 Å². The molecule has 6 heteroatoms. The molecule has 0 bridgehead atoms. The fraction of sp³-hybridized carbons (Fsp3) is 0.808. The molecule has 2 atom stereocenters. The summed E-state index contributed by atoms with van der Waals surface area (Å²) in [6.45, 7) is 6.42. The lowest BCUT2D eigenvalue weighted by atomic mass is 9.82. The average Bonchev–Trinajstić information content (AvgIpc) is 2.77. The Morgan fingerprint density at radius 3 is 1.72 bits per heavy atom. The van der Waals surface area contributed by atoms with E-state index in [0.29, 0.717) is 25.4 Å². The molecule has 1 rings (SSSR count). The summed E-state index contributed by atoms with van der Waals surface area (Å²) in [7, 11) is 0. The van der Waals surface area contributed by atoms with Gasteiger partial charge in [-0.05, 0) is 25.3 Å². The molecule has 0 aromatic heterocycles. The van der Waals surface area contributed by atoms with Crippen LogP contribution in [0.5, 0.6) is 0 Å². The zero-order valence-corrected chi connectivity index (χ0v) is 20.5. The van der Waals surface area contributed by atoms with Crippen molar-refractivity contribution >= 4 is 17.9 Å². The summed E-state index contributed by atoms with van der Waals surface area (Å²) in [6, 6.07) is 0. The molecule has 6 nitrogen and oxygen atoms in total. The molecule has 184 valence electrons. The van der Waals surface area contributed by atoms with Gasteiger partial charge in [0.15, 0.2) is 0 Å². The highest BCUT2D eigenvalue weighted by Gasteiger charge is 2.39. The van der Waals surface area contributed by atoms with Crippen LogP contribution in [-0.2, 0) is 28.6 Å². The fourth-order valence-electron chi connectivity index (χ4n) is 3.97. The van der Waals surface area contributed by atoms with Crippen molar-refractivity contribution < 1.29 is 28.6 Å². The normalized spacial score (nSPS) is 18.0. The van der Waals surface area contributed by atoms with Gasteiger partial charge < -0.3 is 14.2 Å². The van der Waals surface area contributed by atoms with Crippen LogP contribution in [0.15, 0.2) is 11.8 Å². The number of hydrogen-bond acceptors (Lipinski definition) is 6. The van der Waals surface area contributed by atoms with E-state index in [0.717, 1.165) is 38.5 Å². The first-order valence-corrected chi connectivity index (χ1v) is 12.7. The Bertz CT molecular complexity index is 583. The van der Waals surface area contributed by atoms with E-state index in [-0.39, 0.29) is 12.4 Å². The van der Waals surface area contributed by atoms with E-state index in [9.17, 15) is 14.4 Å². The number of unbranched alkanes of at least 4 members (excludes halogenated alkanes) is 10. The van der Waals surface area contributed by atoms with Crippen LogP contribution in [0.25, 0.3) is 0 Å². The van der Waals surface area contributed by atoms with Crippen molar-refractivity contribution in [1.29, 1.82) is 0 Å². The molecule has 0 N–H and O–H groups in total. The Labute approximate surface area is 194 Å². The zero-order valence-electron chi connectivity index (χ0n) is 20.5. The Balaban J connectivity index is 2.51. The SMILES string of the molecule is CCCCCCCCOC(=O)C1CC=C(OC(C)=O)CC1C(=O)OCCCCCCCC. The van der Waals surface area contributed by atoms with E-state index in [1.54, 1.807) is 6.08 Å². The summed E-state index contributed by atoms with van der Waals surface area (Å²) in [5.41, 5.74) is 0. The van der Waals surface area contributed by atoms with Crippen LogP contribution in [-0.4, -0.2) is 31.1 Å². The molecule has 0 fully saturated rings. The molecule has 0 aromatic carbocycles. The van der Waals surface area contributed by atoms with Crippen molar-refractivity contribution in [2.75, 3.05) is 13.2 Å². The van der Waals surface area contributed by atoms with Crippen LogP contribution in [0, 0.1) is 11.8 Å². The van der Waals surface area contributed by atoms with Gasteiger partial charge in [-0.3, -0.25) is 14.4 Å². The molecule has 0 radical (unpaired) electrons. The quantitative estimate of drug-likeness (QED) is 0.147. The van der Waals surface area contributed by atoms with Crippen molar-refractivity contribution in [2.24, 2.45) is 11.8 Å². The van der Waals surface area contributed by atoms with Crippen LogP contribution in [0.1, 0.15) is 111 Å². The molecule has 2 unspecified atom stereocenters. The number of carbonyl (C=O) groups excluding carboxylic acids is 3. The molecule has 32 heavy (non-hydrogen) atoms. The minimum atomic E-state index is -0.675. The second kappa shape index (κ2) is 17.7. The molecule has 0 amide bonds. The molecule has 0 saturated heterocycles. The lowest BCUT2D eigenvalue weighted by molar-refractivity contribution is -0.162. The third-order valence-electron chi connectivity index (χ3n) is 5.87. The van der Waals surface area contributed by atoms with Crippen LogP contribution < -0.4 is 0 Å². The first-order valence-electron chi connectivity index (χ1n) is 12.7. The Kier molecular flexibility index (Phi) is 15.6. The van der Waals surface area contributed by atoms with Gasteiger partial charge in [-0.15, -0.1) is 0 Å². The molecule has 0 heterocycles. The maximum atomic E-state index is 12.8. The first-order chi connectivity index (χ1) is 15.5. The van der Waals surface area contributed by atoms with E-state index in [1.165, 1.54) is 45.4 Å². The molecule has 0 spiro atoms. The van der Waals surface area contributed by atoms with E-state index < -0.39 is 23.8 Å². The number of esters is 3. The van der Waals surface area contributed by atoms with Gasteiger partial charge in [0.2, 0.25) is 0 Å². The molecule has 0 aromatic rings. The highest BCUT2D eigenvalue weighted by molar-refractivity contribution is 5.83. The van der Waals surface area contributed by atoms with Crippen molar-refractivity contribution in [1.82, 2.24) is 0 Å². The zero-order chi connectivity index (χ0) is 23.6. The molecular weight excluding hydrogens is 408 g/mol. The van der Waals surface area contributed by atoms with Gasteiger partial charge >= 0.3 is 17.9 Å².